The zero-order valence-corrected chi connectivity index (χ0v) is 29.3. The second-order valence-electron chi connectivity index (χ2n) is 12.7. The zero-order valence-electron chi connectivity index (χ0n) is 28.5. The number of esters is 1. The summed E-state index contributed by atoms with van der Waals surface area (Å²) in [6.07, 6.45) is 1.58. The van der Waals surface area contributed by atoms with Crippen LogP contribution in [0.5, 0.6) is 5.88 Å². The number of nitriles is 1. The molecule has 0 aliphatic rings. The van der Waals surface area contributed by atoms with Crippen molar-refractivity contribution in [1.82, 2.24) is 9.29 Å². The van der Waals surface area contributed by atoms with Gasteiger partial charge in [-0.15, -0.1) is 5.11 Å². The molecule has 46 heavy (non-hydrogen) atoms. The van der Waals surface area contributed by atoms with Gasteiger partial charge in [0.25, 0.3) is 5.56 Å². The van der Waals surface area contributed by atoms with Crippen molar-refractivity contribution in [3.8, 4) is 11.9 Å². The first-order valence-corrected chi connectivity index (χ1v) is 17.1. The summed E-state index contributed by atoms with van der Waals surface area (Å²) in [5.74, 6) is -0.508. The van der Waals surface area contributed by atoms with Crippen LogP contribution in [-0.2, 0) is 30.8 Å². The molecule has 0 amide bonds. The Morgan fingerprint density at radius 3 is 2.24 bits per heavy atom. The number of azo groups is 1. The van der Waals surface area contributed by atoms with Crippen molar-refractivity contribution >= 4 is 27.4 Å². The number of rotatable bonds is 17. The van der Waals surface area contributed by atoms with E-state index >= 15 is 0 Å². The summed E-state index contributed by atoms with van der Waals surface area (Å²) < 4.78 is 39.6. The van der Waals surface area contributed by atoms with E-state index in [-0.39, 0.29) is 71.3 Å². The van der Waals surface area contributed by atoms with E-state index in [2.05, 4.69) is 42.6 Å². The van der Waals surface area contributed by atoms with Crippen LogP contribution in [0.2, 0.25) is 0 Å². The lowest BCUT2D eigenvalue weighted by atomic mass is 9.56. The van der Waals surface area contributed by atoms with Gasteiger partial charge in [-0.3, -0.25) is 14.2 Å². The van der Waals surface area contributed by atoms with Gasteiger partial charge < -0.3 is 14.6 Å². The van der Waals surface area contributed by atoms with Crippen LogP contribution in [0.3, 0.4) is 0 Å². The highest BCUT2D eigenvalue weighted by Crippen LogP contribution is 2.50. The molecule has 0 radical (unpaired) electrons. The Balaban J connectivity index is 2.13. The van der Waals surface area contributed by atoms with Crippen molar-refractivity contribution in [2.75, 3.05) is 26.4 Å². The molecule has 0 spiro atoms. The fraction of sp³-hybridized carbons (Fsp3) is 0.606. The lowest BCUT2D eigenvalue weighted by molar-refractivity contribution is -0.171. The number of sulfonamides is 1. The van der Waals surface area contributed by atoms with Crippen LogP contribution in [0.25, 0.3) is 0 Å². The van der Waals surface area contributed by atoms with E-state index in [1.165, 1.54) is 31.2 Å². The highest BCUT2D eigenvalue weighted by atomic mass is 32.2. The quantitative estimate of drug-likeness (QED) is 0.116. The lowest BCUT2D eigenvalue weighted by Crippen LogP contribution is -2.49. The monoisotopic (exact) mass is 659 g/mol. The molecule has 1 atom stereocenters. The van der Waals surface area contributed by atoms with Gasteiger partial charge in [0.05, 0.1) is 35.8 Å². The molecule has 2 N–H and O–H groups in total. The number of aromatic hydroxyl groups is 1. The summed E-state index contributed by atoms with van der Waals surface area (Å²) in [4.78, 5) is 26.2. The molecule has 0 unspecified atom stereocenters. The number of ether oxygens (including phenoxy) is 2. The van der Waals surface area contributed by atoms with Gasteiger partial charge in [0, 0.05) is 12.1 Å². The van der Waals surface area contributed by atoms with Crippen molar-refractivity contribution in [3.63, 3.8) is 0 Å². The van der Waals surface area contributed by atoms with Gasteiger partial charge in [-0.05, 0) is 61.8 Å². The molecule has 1 aromatic carbocycles. The molecule has 0 aliphatic carbocycles. The molecular formula is C33H49N5O7S. The summed E-state index contributed by atoms with van der Waals surface area (Å²) in [7, 11) is -3.66. The standard InChI is InChI=1S/C33H49N5O7S/c1-10-11-16-35-46(42,43)26-14-12-25(13-15-26)36-37-28-24(6)27(21-34)29(39)38(30(28)40)17-18-44-19-20-45-31(41)33(9,23(4)5)32(7,8)22(2)3/h12-15,22-23,35,40H,10-11,16-20H2,1-9H3/b37-36+/t33-/m1/s1. The topological polar surface area (TPSA) is 172 Å². The number of carbonyl (C=O) groups is 1. The number of benzene rings is 1. The molecule has 254 valence electrons. The number of hydrogen-bond acceptors (Lipinski definition) is 10. The fourth-order valence-corrected chi connectivity index (χ4v) is 6.05. The highest BCUT2D eigenvalue weighted by molar-refractivity contribution is 7.89. The van der Waals surface area contributed by atoms with Crippen LogP contribution in [0.15, 0.2) is 44.2 Å². The maximum Gasteiger partial charge on any atom is 0.312 e. The second-order valence-corrected chi connectivity index (χ2v) is 14.4. The summed E-state index contributed by atoms with van der Waals surface area (Å²) in [5.41, 5.74) is -1.58. The number of hydrogen-bond donors (Lipinski definition) is 2. The summed E-state index contributed by atoms with van der Waals surface area (Å²) in [6.45, 7) is 18.0. The summed E-state index contributed by atoms with van der Waals surface area (Å²) in [5, 5.41) is 28.7. The van der Waals surface area contributed by atoms with Crippen LogP contribution in [0.1, 0.15) is 79.4 Å². The molecule has 1 aromatic heterocycles. The maximum absolute atomic E-state index is 13.2. The van der Waals surface area contributed by atoms with E-state index in [0.717, 1.165) is 17.4 Å². The first-order valence-electron chi connectivity index (χ1n) is 15.6. The molecule has 1 heterocycles. The average molecular weight is 660 g/mol. The van der Waals surface area contributed by atoms with Crippen LogP contribution in [0.4, 0.5) is 11.4 Å². The Labute approximate surface area is 272 Å². The molecule has 0 bridgehead atoms. The number of unbranched alkanes of at least 4 members (excludes halogenated alkanes) is 1. The molecular weight excluding hydrogens is 610 g/mol. The predicted molar refractivity (Wildman–Crippen MR) is 176 cm³/mol. The van der Waals surface area contributed by atoms with E-state index in [1.807, 2.05) is 33.8 Å². The molecule has 0 saturated carbocycles. The van der Waals surface area contributed by atoms with Crippen LogP contribution in [0, 0.1) is 40.9 Å². The molecule has 12 nitrogen and oxygen atoms in total. The van der Waals surface area contributed by atoms with Gasteiger partial charge in [-0.1, -0.05) is 54.9 Å². The Kier molecular flexibility index (Phi) is 13.7. The Morgan fingerprint density at radius 2 is 1.70 bits per heavy atom. The number of nitrogens with zero attached hydrogens (tertiary/aromatic N) is 4. The smallest absolute Gasteiger partial charge is 0.312 e. The molecule has 13 heteroatoms. The van der Waals surface area contributed by atoms with Crippen LogP contribution in [-0.4, -0.2) is 50.4 Å². The largest absolute Gasteiger partial charge is 0.493 e. The van der Waals surface area contributed by atoms with Gasteiger partial charge in [0.15, 0.2) is 5.69 Å². The van der Waals surface area contributed by atoms with E-state index < -0.39 is 26.9 Å². The molecule has 2 rings (SSSR count). The predicted octanol–water partition coefficient (Wildman–Crippen LogP) is 6.13. The highest BCUT2D eigenvalue weighted by Gasteiger charge is 2.51. The Bertz CT molecular complexity index is 1590. The second kappa shape index (κ2) is 16.3. The van der Waals surface area contributed by atoms with Gasteiger partial charge in [-0.25, -0.2) is 13.1 Å². The number of pyridine rings is 1. The van der Waals surface area contributed by atoms with Crippen LogP contribution < -0.4 is 10.3 Å². The normalized spacial score (nSPS) is 13.7. The van der Waals surface area contributed by atoms with Gasteiger partial charge >= 0.3 is 5.97 Å². The van der Waals surface area contributed by atoms with Gasteiger partial charge in [0.2, 0.25) is 15.9 Å². The van der Waals surface area contributed by atoms with Gasteiger partial charge in [-0.2, -0.15) is 10.4 Å². The molecule has 0 fully saturated rings. The first-order chi connectivity index (χ1) is 21.5. The third kappa shape index (κ3) is 8.60. The van der Waals surface area contributed by atoms with Crippen molar-refractivity contribution < 1.29 is 27.8 Å². The first kappa shape index (κ1) is 38.6. The molecule has 0 saturated heterocycles. The maximum atomic E-state index is 13.2. The summed E-state index contributed by atoms with van der Waals surface area (Å²) in [6, 6.07) is 7.56. The van der Waals surface area contributed by atoms with Crippen molar-refractivity contribution in [3.05, 3.63) is 45.7 Å². The number of aromatic nitrogens is 1. The Morgan fingerprint density at radius 1 is 1.07 bits per heavy atom. The fourth-order valence-electron chi connectivity index (χ4n) is 4.97. The zero-order chi connectivity index (χ0) is 34.9. The van der Waals surface area contributed by atoms with E-state index in [9.17, 15) is 28.4 Å². The number of carbonyl (C=O) groups excluding carboxylic acids is 1. The third-order valence-corrected chi connectivity index (χ3v) is 10.8. The van der Waals surface area contributed by atoms with Gasteiger partial charge in [0.1, 0.15) is 18.2 Å². The average Bonchev–Trinajstić information content (AvgIpc) is 2.99. The van der Waals surface area contributed by atoms with Crippen molar-refractivity contribution in [2.24, 2.45) is 32.9 Å². The minimum atomic E-state index is -3.66. The van der Waals surface area contributed by atoms with E-state index in [4.69, 9.17) is 9.47 Å². The van der Waals surface area contributed by atoms with Crippen molar-refractivity contribution in [2.45, 2.75) is 86.6 Å². The van der Waals surface area contributed by atoms with E-state index in [1.54, 1.807) is 0 Å². The molecule has 2 aromatic rings. The van der Waals surface area contributed by atoms with Crippen molar-refractivity contribution in [1.29, 1.82) is 5.26 Å². The Hall–Kier alpha value is -3.60. The van der Waals surface area contributed by atoms with E-state index in [0.29, 0.717) is 12.2 Å². The minimum Gasteiger partial charge on any atom is -0.493 e. The third-order valence-electron chi connectivity index (χ3n) is 9.28. The molecule has 0 aliphatic heterocycles. The SMILES string of the molecule is CCCCNS(=O)(=O)c1ccc(/N=N/c2c(C)c(C#N)c(=O)n(CCOCCOC(=O)[C@@](C)(C(C)C)C(C)(C)C(C)C)c2O)cc1. The van der Waals surface area contributed by atoms with Crippen LogP contribution >= 0.6 is 0 Å². The lowest BCUT2D eigenvalue weighted by Gasteiger charge is -2.47. The minimum absolute atomic E-state index is 0.0158. The number of nitrogens with one attached hydrogen (secondary N) is 1. The summed E-state index contributed by atoms with van der Waals surface area (Å²) >= 11 is 0.